The van der Waals surface area contributed by atoms with Crippen molar-refractivity contribution in [3.8, 4) is 0 Å². The molecule has 3 heterocycles. The number of ether oxygens (including phenoxy) is 1. The Bertz CT molecular complexity index is 858. The Morgan fingerprint density at radius 3 is 3.08 bits per heavy atom. The van der Waals surface area contributed by atoms with E-state index in [2.05, 4.69) is 42.1 Å². The predicted molar refractivity (Wildman–Crippen MR) is 100 cm³/mol. The van der Waals surface area contributed by atoms with Gasteiger partial charge in [0.1, 0.15) is 5.82 Å². The molecule has 0 aliphatic heterocycles. The third-order valence-corrected chi connectivity index (χ3v) is 5.45. The first-order valence-electron chi connectivity index (χ1n) is 9.45. The number of hydrogen-bond donors (Lipinski definition) is 3. The van der Waals surface area contributed by atoms with Gasteiger partial charge in [0.15, 0.2) is 11.3 Å². The average molecular weight is 357 g/mol. The molecule has 1 aliphatic rings. The fraction of sp³-hybridized carbons (Fsp3) is 0.611. The van der Waals surface area contributed by atoms with Gasteiger partial charge in [-0.2, -0.15) is 0 Å². The third kappa shape index (κ3) is 3.20. The van der Waals surface area contributed by atoms with Gasteiger partial charge >= 0.3 is 0 Å². The number of likely N-dealkylation sites (N-methyl/N-ethyl adjacent to an activating group) is 1. The van der Waals surface area contributed by atoms with E-state index < -0.39 is 0 Å². The summed E-state index contributed by atoms with van der Waals surface area (Å²) in [6.45, 7) is 4.71. The first-order valence-corrected chi connectivity index (χ1v) is 9.45. The fourth-order valence-electron chi connectivity index (χ4n) is 4.08. The molecule has 8 nitrogen and oxygen atoms in total. The van der Waals surface area contributed by atoms with Crippen molar-refractivity contribution in [2.45, 2.75) is 38.2 Å². The van der Waals surface area contributed by atoms with Crippen LogP contribution >= 0.6 is 0 Å². The van der Waals surface area contributed by atoms with Gasteiger partial charge in [-0.15, -0.1) is 10.2 Å². The molecule has 3 aromatic rings. The highest BCUT2D eigenvalue weighted by Gasteiger charge is 2.37. The molecule has 0 bridgehead atoms. The van der Waals surface area contributed by atoms with Gasteiger partial charge in [-0.3, -0.25) is 9.72 Å². The van der Waals surface area contributed by atoms with Crippen molar-refractivity contribution in [2.24, 2.45) is 5.92 Å². The maximum absolute atomic E-state index is 6.08. The Kier molecular flexibility index (Phi) is 5.14. The first-order chi connectivity index (χ1) is 12.8. The van der Waals surface area contributed by atoms with Crippen LogP contribution in [0.5, 0.6) is 0 Å². The van der Waals surface area contributed by atoms with Gasteiger partial charge < -0.3 is 15.0 Å². The van der Waals surface area contributed by atoms with Gasteiger partial charge in [0.05, 0.1) is 24.5 Å². The number of H-pyrrole nitrogens is 1. The van der Waals surface area contributed by atoms with Crippen molar-refractivity contribution >= 4 is 16.8 Å². The van der Waals surface area contributed by atoms with Gasteiger partial charge in [0.2, 0.25) is 0 Å². The van der Waals surface area contributed by atoms with E-state index in [-0.39, 0.29) is 6.10 Å². The second-order valence-electron chi connectivity index (χ2n) is 7.00. The van der Waals surface area contributed by atoms with Crippen LogP contribution in [0.2, 0.25) is 0 Å². The average Bonchev–Trinajstić information content (AvgIpc) is 3.37. The number of aromatic amines is 1. The summed E-state index contributed by atoms with van der Waals surface area (Å²) in [4.78, 5) is 7.58. The highest BCUT2D eigenvalue weighted by Crippen LogP contribution is 2.42. The molecule has 0 radical (unpaired) electrons. The van der Waals surface area contributed by atoms with Crippen LogP contribution < -0.4 is 10.6 Å². The normalized spacial score (nSPS) is 23.4. The molecule has 1 fully saturated rings. The number of nitrogens with zero attached hydrogens (tertiary/aromatic N) is 4. The molecule has 3 unspecified atom stereocenters. The zero-order valence-corrected chi connectivity index (χ0v) is 15.4. The Morgan fingerprint density at radius 2 is 2.23 bits per heavy atom. The number of nitrogens with one attached hydrogen (secondary N) is 3. The molecule has 0 saturated heterocycles. The maximum Gasteiger partial charge on any atom is 0.179 e. The summed E-state index contributed by atoms with van der Waals surface area (Å²) in [5, 5.41) is 15.3. The summed E-state index contributed by atoms with van der Waals surface area (Å²) in [5.74, 6) is 1.96. The predicted octanol–water partition coefficient (Wildman–Crippen LogP) is 1.66. The summed E-state index contributed by atoms with van der Waals surface area (Å²) in [7, 11) is 1.95. The van der Waals surface area contributed by atoms with Gasteiger partial charge in [-0.05, 0) is 31.9 Å². The molecule has 0 amide bonds. The molecule has 3 aromatic heterocycles. The van der Waals surface area contributed by atoms with E-state index in [1.54, 1.807) is 6.20 Å². The molecule has 1 saturated carbocycles. The quantitative estimate of drug-likeness (QED) is 0.419. The molecule has 140 valence electrons. The van der Waals surface area contributed by atoms with Gasteiger partial charge in [-0.1, -0.05) is 13.3 Å². The lowest BCUT2D eigenvalue weighted by atomic mass is 9.93. The molecule has 3 N–H and O–H groups in total. The molecule has 1 aliphatic carbocycles. The van der Waals surface area contributed by atoms with Crippen LogP contribution in [0.15, 0.2) is 18.5 Å². The Labute approximate surface area is 152 Å². The molecule has 4 rings (SSSR count). The lowest BCUT2D eigenvalue weighted by molar-refractivity contribution is 0.0425. The highest BCUT2D eigenvalue weighted by atomic mass is 16.5. The fourth-order valence-corrected chi connectivity index (χ4v) is 4.08. The number of fused-ring (bicyclic) bond motifs is 3. The van der Waals surface area contributed by atoms with Crippen LogP contribution in [0, 0.1) is 5.92 Å². The third-order valence-electron chi connectivity index (χ3n) is 5.45. The Hall–Kier alpha value is -2.03. The smallest absolute Gasteiger partial charge is 0.179 e. The Balaban J connectivity index is 1.53. The number of rotatable bonds is 8. The highest BCUT2D eigenvalue weighted by molar-refractivity contribution is 5.74. The lowest BCUT2D eigenvalue weighted by Crippen LogP contribution is -2.28. The van der Waals surface area contributed by atoms with Gasteiger partial charge in [0, 0.05) is 25.2 Å². The summed E-state index contributed by atoms with van der Waals surface area (Å²) in [5.41, 5.74) is 2.71. The van der Waals surface area contributed by atoms with Crippen molar-refractivity contribution in [1.82, 2.24) is 35.2 Å². The zero-order chi connectivity index (χ0) is 17.9. The second kappa shape index (κ2) is 7.69. The van der Waals surface area contributed by atoms with Gasteiger partial charge in [0.25, 0.3) is 0 Å². The van der Waals surface area contributed by atoms with Crippen molar-refractivity contribution in [2.75, 3.05) is 26.9 Å². The standard InChI is InChI=1S/C18H27N7O/c1-3-12-8-13(26-11-20-7-6-19-2)9-14(12)18-24-23-16-10-22-17-15(25(16)18)4-5-21-17/h4-5,10,12-14,19-21H,3,6-9,11H2,1-2H3. The molecule has 0 spiro atoms. The van der Waals surface area contributed by atoms with E-state index in [9.17, 15) is 0 Å². The number of hydrogen-bond acceptors (Lipinski definition) is 6. The largest absolute Gasteiger partial charge is 0.363 e. The molecule has 0 aromatic carbocycles. The monoisotopic (exact) mass is 357 g/mol. The summed E-state index contributed by atoms with van der Waals surface area (Å²) >= 11 is 0. The van der Waals surface area contributed by atoms with E-state index in [0.29, 0.717) is 18.6 Å². The van der Waals surface area contributed by atoms with Crippen LogP contribution in [0.1, 0.15) is 37.9 Å². The second-order valence-corrected chi connectivity index (χ2v) is 7.00. The summed E-state index contributed by atoms with van der Waals surface area (Å²) < 4.78 is 8.23. The minimum atomic E-state index is 0.267. The van der Waals surface area contributed by atoms with E-state index in [1.807, 2.05) is 19.3 Å². The molecule has 8 heteroatoms. The molecule has 3 atom stereocenters. The van der Waals surface area contributed by atoms with Crippen LogP contribution in [-0.4, -0.2) is 57.5 Å². The van der Waals surface area contributed by atoms with Crippen LogP contribution in [0.3, 0.4) is 0 Å². The summed E-state index contributed by atoms with van der Waals surface area (Å²) in [6, 6.07) is 2.04. The molecular weight excluding hydrogens is 330 g/mol. The van der Waals surface area contributed by atoms with Crippen molar-refractivity contribution in [1.29, 1.82) is 0 Å². The van der Waals surface area contributed by atoms with E-state index in [0.717, 1.165) is 55.0 Å². The molecule has 26 heavy (non-hydrogen) atoms. The number of aromatic nitrogens is 5. The van der Waals surface area contributed by atoms with Crippen LogP contribution in [0.4, 0.5) is 0 Å². The molecular formula is C18H27N7O. The van der Waals surface area contributed by atoms with Crippen LogP contribution in [0.25, 0.3) is 16.8 Å². The first kappa shape index (κ1) is 17.4. The van der Waals surface area contributed by atoms with Crippen molar-refractivity contribution < 1.29 is 4.74 Å². The lowest BCUT2D eigenvalue weighted by Gasteiger charge is -2.15. The van der Waals surface area contributed by atoms with Crippen LogP contribution in [-0.2, 0) is 4.74 Å². The minimum absolute atomic E-state index is 0.267. The van der Waals surface area contributed by atoms with E-state index in [1.165, 1.54) is 0 Å². The van der Waals surface area contributed by atoms with E-state index >= 15 is 0 Å². The SMILES string of the molecule is CCC1CC(OCNCCNC)CC1c1nnc2cnc3[nH]ccc3n12. The van der Waals surface area contributed by atoms with Crippen molar-refractivity contribution in [3.63, 3.8) is 0 Å². The maximum atomic E-state index is 6.08. The topological polar surface area (TPSA) is 92.2 Å². The van der Waals surface area contributed by atoms with Crippen molar-refractivity contribution in [3.05, 3.63) is 24.3 Å². The zero-order valence-electron chi connectivity index (χ0n) is 15.4. The van der Waals surface area contributed by atoms with Gasteiger partial charge in [-0.25, -0.2) is 4.98 Å². The minimum Gasteiger partial charge on any atom is -0.363 e. The summed E-state index contributed by atoms with van der Waals surface area (Å²) in [6.07, 6.45) is 7.14. The van der Waals surface area contributed by atoms with E-state index in [4.69, 9.17) is 4.74 Å². The Morgan fingerprint density at radius 1 is 1.31 bits per heavy atom.